The number of fused-ring (bicyclic) bond motifs is 1. The second-order valence-corrected chi connectivity index (χ2v) is 8.54. The third-order valence-corrected chi connectivity index (χ3v) is 6.18. The number of hydrogen-bond donors (Lipinski definition) is 1. The Labute approximate surface area is 210 Å². The van der Waals surface area contributed by atoms with Crippen LogP contribution in [0.3, 0.4) is 0 Å². The first kappa shape index (κ1) is 25.4. The maximum atomic E-state index is 14.7. The molecule has 0 radical (unpaired) electrons. The van der Waals surface area contributed by atoms with Gasteiger partial charge in [0.25, 0.3) is 5.91 Å². The quantitative estimate of drug-likeness (QED) is 0.339. The van der Waals surface area contributed by atoms with E-state index in [9.17, 15) is 27.2 Å². The van der Waals surface area contributed by atoms with Gasteiger partial charge in [0.2, 0.25) is 0 Å². The van der Waals surface area contributed by atoms with Crippen molar-refractivity contribution in [3.63, 3.8) is 0 Å². The van der Waals surface area contributed by atoms with Gasteiger partial charge >= 0.3 is 12.3 Å². The number of pyridine rings is 1. The molecule has 0 unspecified atom stereocenters. The number of carbonyl (C=O) groups is 2. The molecular weight excluding hydrogens is 552 g/mol. The van der Waals surface area contributed by atoms with Crippen molar-refractivity contribution in [3.05, 3.63) is 87.4 Å². The summed E-state index contributed by atoms with van der Waals surface area (Å²) in [6.07, 6.45) is -3.53. The smallest absolute Gasteiger partial charge is 0.491 e. The number of nitrogens with one attached hydrogen (secondary N) is 1. The molecule has 12 heteroatoms. The van der Waals surface area contributed by atoms with E-state index in [0.717, 1.165) is 12.1 Å². The number of benzene rings is 2. The molecule has 1 aromatic heterocycles. The van der Waals surface area contributed by atoms with Crippen molar-refractivity contribution in [3.8, 4) is 11.5 Å². The molecule has 0 saturated heterocycles. The summed E-state index contributed by atoms with van der Waals surface area (Å²) < 4.78 is 67.0. The van der Waals surface area contributed by atoms with E-state index in [1.807, 2.05) is 0 Å². The fourth-order valence-electron chi connectivity index (χ4n) is 3.91. The number of nitrogens with zero attached hydrogens (tertiary/aromatic N) is 1. The van der Waals surface area contributed by atoms with Crippen molar-refractivity contribution >= 4 is 27.8 Å². The second kappa shape index (κ2) is 9.76. The summed E-state index contributed by atoms with van der Waals surface area (Å²) in [4.78, 5) is 29.6. The molecule has 3 aromatic rings. The average molecular weight is 569 g/mol. The van der Waals surface area contributed by atoms with Crippen molar-refractivity contribution in [2.24, 2.45) is 0 Å². The predicted molar refractivity (Wildman–Crippen MR) is 121 cm³/mol. The number of rotatable bonds is 5. The van der Waals surface area contributed by atoms with E-state index in [1.54, 1.807) is 12.1 Å². The molecule has 1 N–H and O–H groups in total. The van der Waals surface area contributed by atoms with E-state index in [4.69, 9.17) is 9.47 Å². The van der Waals surface area contributed by atoms with E-state index in [0.29, 0.717) is 10.2 Å². The molecule has 36 heavy (non-hydrogen) atoms. The van der Waals surface area contributed by atoms with Gasteiger partial charge < -0.3 is 19.5 Å². The van der Waals surface area contributed by atoms with Gasteiger partial charge in [-0.3, -0.25) is 9.78 Å². The molecule has 7 nitrogen and oxygen atoms in total. The Hall–Kier alpha value is -3.67. The third kappa shape index (κ3) is 4.99. The zero-order chi connectivity index (χ0) is 26.1. The van der Waals surface area contributed by atoms with Crippen LogP contribution in [0.2, 0.25) is 0 Å². The van der Waals surface area contributed by atoms with Gasteiger partial charge in [0, 0.05) is 22.7 Å². The van der Waals surface area contributed by atoms with Gasteiger partial charge in [-0.25, -0.2) is 9.18 Å². The first-order valence-corrected chi connectivity index (χ1v) is 11.2. The van der Waals surface area contributed by atoms with Crippen molar-refractivity contribution in [2.75, 3.05) is 13.7 Å². The Bertz CT molecular complexity index is 1330. The molecule has 2 aromatic carbocycles. The molecule has 1 amide bonds. The van der Waals surface area contributed by atoms with Crippen LogP contribution < -0.4 is 14.8 Å². The minimum atomic E-state index is -5.08. The van der Waals surface area contributed by atoms with E-state index in [1.165, 1.54) is 37.6 Å². The number of methoxy groups -OCH3 is 1. The van der Waals surface area contributed by atoms with Gasteiger partial charge in [0.05, 0.1) is 19.3 Å². The Morgan fingerprint density at radius 2 is 1.94 bits per heavy atom. The summed E-state index contributed by atoms with van der Waals surface area (Å²) in [7, 11) is 1.22. The largest absolute Gasteiger partial charge is 0.573 e. The zero-order valence-corrected chi connectivity index (χ0v) is 20.1. The number of carbonyl (C=O) groups excluding carboxylic acids is 2. The Balaban J connectivity index is 1.78. The van der Waals surface area contributed by atoms with Gasteiger partial charge in [0.1, 0.15) is 17.0 Å². The highest BCUT2D eigenvalue weighted by molar-refractivity contribution is 9.10. The van der Waals surface area contributed by atoms with Crippen LogP contribution >= 0.6 is 15.9 Å². The number of amides is 1. The Kier molecular flexibility index (Phi) is 6.90. The lowest BCUT2D eigenvalue weighted by Crippen LogP contribution is -2.50. The topological polar surface area (TPSA) is 86.8 Å². The van der Waals surface area contributed by atoms with Gasteiger partial charge in [-0.2, -0.15) is 0 Å². The maximum absolute atomic E-state index is 14.7. The first-order valence-electron chi connectivity index (χ1n) is 10.4. The van der Waals surface area contributed by atoms with Crippen LogP contribution in [-0.2, 0) is 10.3 Å². The lowest BCUT2D eigenvalue weighted by atomic mass is 9.81. The van der Waals surface area contributed by atoms with Crippen molar-refractivity contribution in [1.29, 1.82) is 0 Å². The molecule has 1 aliphatic rings. The summed E-state index contributed by atoms with van der Waals surface area (Å²) in [6, 6.07) is 10.4. The number of halogens is 5. The molecule has 1 atom stereocenters. The third-order valence-electron chi connectivity index (χ3n) is 5.52. The molecule has 0 fully saturated rings. The van der Waals surface area contributed by atoms with Crippen LogP contribution in [0.4, 0.5) is 17.6 Å². The number of esters is 1. The number of hydrogen-bond acceptors (Lipinski definition) is 6. The van der Waals surface area contributed by atoms with Gasteiger partial charge in [-0.15, -0.1) is 13.2 Å². The minimum absolute atomic E-state index is 0.100. The number of alkyl halides is 3. The van der Waals surface area contributed by atoms with Crippen LogP contribution in [0.25, 0.3) is 0 Å². The Morgan fingerprint density at radius 3 is 2.61 bits per heavy atom. The molecule has 0 spiro atoms. The summed E-state index contributed by atoms with van der Waals surface area (Å²) in [5, 5.41) is 2.86. The second-order valence-electron chi connectivity index (χ2n) is 7.69. The van der Waals surface area contributed by atoms with Crippen LogP contribution in [0.5, 0.6) is 11.5 Å². The normalized spacial score (nSPS) is 16.9. The van der Waals surface area contributed by atoms with E-state index in [-0.39, 0.29) is 35.4 Å². The Morgan fingerprint density at radius 1 is 1.17 bits per heavy atom. The minimum Gasteiger partial charge on any atom is -0.491 e. The SMILES string of the molecule is COC(=O)c1ccc(C(=O)N[C@]2(c3ccc(OC(F)(F)F)c(F)c3)CCOc3cccnc32)cc1Br. The maximum Gasteiger partial charge on any atom is 0.573 e. The van der Waals surface area contributed by atoms with Crippen LogP contribution in [0.1, 0.15) is 38.4 Å². The highest BCUT2D eigenvalue weighted by Gasteiger charge is 2.43. The van der Waals surface area contributed by atoms with E-state index >= 15 is 0 Å². The summed E-state index contributed by atoms with van der Waals surface area (Å²) in [6.45, 7) is 0.104. The van der Waals surface area contributed by atoms with Gasteiger partial charge in [-0.1, -0.05) is 6.07 Å². The summed E-state index contributed by atoms with van der Waals surface area (Å²) >= 11 is 3.24. The molecule has 2 heterocycles. The fourth-order valence-corrected chi connectivity index (χ4v) is 4.45. The molecular formula is C24H17BrF4N2O5. The van der Waals surface area contributed by atoms with Crippen molar-refractivity contribution < 1.29 is 41.4 Å². The van der Waals surface area contributed by atoms with Gasteiger partial charge in [0.15, 0.2) is 11.6 Å². The number of ether oxygens (including phenoxy) is 3. The molecule has 1 aliphatic heterocycles. The molecule has 0 aliphatic carbocycles. The summed E-state index contributed by atoms with van der Waals surface area (Å²) in [5.74, 6) is -3.18. The fraction of sp³-hybridized carbons (Fsp3) is 0.208. The molecule has 0 saturated carbocycles. The lowest BCUT2D eigenvalue weighted by molar-refractivity contribution is -0.275. The predicted octanol–water partition coefficient (Wildman–Crippen LogP) is 5.12. The zero-order valence-electron chi connectivity index (χ0n) is 18.5. The molecule has 188 valence electrons. The monoisotopic (exact) mass is 568 g/mol. The highest BCUT2D eigenvalue weighted by atomic mass is 79.9. The van der Waals surface area contributed by atoms with Crippen molar-refractivity contribution in [1.82, 2.24) is 10.3 Å². The van der Waals surface area contributed by atoms with E-state index < -0.39 is 35.3 Å². The van der Waals surface area contributed by atoms with Crippen LogP contribution in [0.15, 0.2) is 59.2 Å². The van der Waals surface area contributed by atoms with Crippen molar-refractivity contribution in [2.45, 2.75) is 18.3 Å². The summed E-state index contributed by atoms with van der Waals surface area (Å²) in [5.41, 5.74) is -0.716. The van der Waals surface area contributed by atoms with Crippen LogP contribution in [0, 0.1) is 5.82 Å². The number of aromatic nitrogens is 1. The first-order chi connectivity index (χ1) is 17.0. The molecule has 0 bridgehead atoms. The molecule has 4 rings (SSSR count). The highest BCUT2D eigenvalue weighted by Crippen LogP contribution is 2.42. The van der Waals surface area contributed by atoms with Crippen LogP contribution in [-0.4, -0.2) is 36.9 Å². The standard InChI is InChI=1S/C24H17BrF4N2O5/c1-34-22(33)15-6-4-13(11-16(15)25)21(32)31-23(8-10-35-19-3-2-9-30-20(19)23)14-5-7-18(17(26)12-14)36-24(27,28)29/h2-7,9,11-12H,8,10H2,1H3,(H,31,32)/t23-/m0/s1. The van der Waals surface area contributed by atoms with E-state index in [2.05, 4.69) is 31.0 Å². The lowest BCUT2D eigenvalue weighted by Gasteiger charge is -2.39. The van der Waals surface area contributed by atoms with Gasteiger partial charge in [-0.05, 0) is 64.0 Å². The average Bonchev–Trinajstić information content (AvgIpc) is 2.84.